The number of carbonyl (C=O) groups excluding carboxylic acids is 2. The molecule has 1 aromatic heterocycles. The Labute approximate surface area is 187 Å². The lowest BCUT2D eigenvalue weighted by Gasteiger charge is -2.30. The molecule has 0 unspecified atom stereocenters. The van der Waals surface area contributed by atoms with E-state index in [1.807, 2.05) is 5.32 Å². The molecule has 0 radical (unpaired) electrons. The van der Waals surface area contributed by atoms with Gasteiger partial charge < -0.3 is 15.4 Å². The first-order valence-corrected chi connectivity index (χ1v) is 9.50. The third-order valence-electron chi connectivity index (χ3n) is 5.22. The predicted molar refractivity (Wildman–Crippen MR) is 109 cm³/mol. The standard InChI is InChI=1S/C21H14F4N4O5/c1-34-13-8-2-10(3-9-13)16(30)28-20(21(23,24)25)14-15(26-18(20)32)29(19(33)27-17(14)31)12-6-4-11(22)5-7-12/h2-9H,1H3,(H,26,32)(H,28,30)(H,27,31,33)/t20-/m1/s1. The van der Waals surface area contributed by atoms with Gasteiger partial charge in [0.15, 0.2) is 0 Å². The van der Waals surface area contributed by atoms with Crippen molar-refractivity contribution in [2.45, 2.75) is 11.7 Å². The van der Waals surface area contributed by atoms with Gasteiger partial charge in [0.1, 0.15) is 22.9 Å². The van der Waals surface area contributed by atoms with Gasteiger partial charge in [-0.2, -0.15) is 13.2 Å². The summed E-state index contributed by atoms with van der Waals surface area (Å²) in [5, 5.41) is 3.52. The van der Waals surface area contributed by atoms with Crippen molar-refractivity contribution in [3.05, 3.63) is 86.3 Å². The molecule has 0 saturated carbocycles. The van der Waals surface area contributed by atoms with E-state index in [2.05, 4.69) is 0 Å². The third kappa shape index (κ3) is 3.41. The van der Waals surface area contributed by atoms with Gasteiger partial charge in [-0.1, -0.05) is 0 Å². The van der Waals surface area contributed by atoms with Gasteiger partial charge in [0, 0.05) is 5.56 Å². The number of halogens is 4. The summed E-state index contributed by atoms with van der Waals surface area (Å²) in [6.45, 7) is 0. The molecule has 1 aliphatic rings. The van der Waals surface area contributed by atoms with Crippen LogP contribution in [0.4, 0.5) is 23.4 Å². The van der Waals surface area contributed by atoms with Gasteiger partial charge in [0.2, 0.25) is 0 Å². The van der Waals surface area contributed by atoms with Crippen LogP contribution < -0.4 is 26.6 Å². The Balaban J connectivity index is 1.93. The second kappa shape index (κ2) is 7.86. The minimum atomic E-state index is -5.50. The maximum Gasteiger partial charge on any atom is 0.425 e. The Morgan fingerprint density at radius 1 is 1.03 bits per heavy atom. The molecule has 2 aromatic carbocycles. The Morgan fingerprint density at radius 2 is 1.65 bits per heavy atom. The van der Waals surface area contributed by atoms with Crippen LogP contribution in [-0.4, -0.2) is 34.7 Å². The average molecular weight is 478 g/mol. The molecule has 0 saturated heterocycles. The van der Waals surface area contributed by atoms with Crippen LogP contribution in [0.25, 0.3) is 5.69 Å². The Kier molecular flexibility index (Phi) is 5.26. The topological polar surface area (TPSA) is 122 Å². The number of methoxy groups -OCH3 is 1. The number of fused-ring (bicyclic) bond motifs is 1. The van der Waals surface area contributed by atoms with Gasteiger partial charge in [-0.3, -0.25) is 19.4 Å². The largest absolute Gasteiger partial charge is 0.497 e. The number of anilines is 1. The second-order valence-corrected chi connectivity index (χ2v) is 7.18. The molecule has 0 aliphatic carbocycles. The van der Waals surface area contributed by atoms with Crippen LogP contribution in [0.1, 0.15) is 15.9 Å². The summed E-state index contributed by atoms with van der Waals surface area (Å²) in [5.74, 6) is -4.30. The summed E-state index contributed by atoms with van der Waals surface area (Å²) >= 11 is 0. The molecule has 9 nitrogen and oxygen atoms in total. The highest BCUT2D eigenvalue weighted by Crippen LogP contribution is 2.45. The van der Waals surface area contributed by atoms with Gasteiger partial charge in [0.25, 0.3) is 22.9 Å². The van der Waals surface area contributed by atoms with Crippen molar-refractivity contribution in [1.29, 1.82) is 0 Å². The molecular formula is C21H14F4N4O5. The molecular weight excluding hydrogens is 464 g/mol. The van der Waals surface area contributed by atoms with E-state index in [-0.39, 0.29) is 11.3 Å². The van der Waals surface area contributed by atoms with Crippen molar-refractivity contribution in [2.75, 3.05) is 12.4 Å². The fourth-order valence-corrected chi connectivity index (χ4v) is 3.60. The molecule has 3 aromatic rings. The molecule has 3 N–H and O–H groups in total. The number of aromatic nitrogens is 2. The highest BCUT2D eigenvalue weighted by atomic mass is 19.4. The van der Waals surface area contributed by atoms with E-state index in [1.54, 1.807) is 10.3 Å². The zero-order chi connectivity index (χ0) is 24.8. The van der Waals surface area contributed by atoms with Crippen LogP contribution in [0.3, 0.4) is 0 Å². The van der Waals surface area contributed by atoms with Gasteiger partial charge in [-0.05, 0) is 48.5 Å². The number of rotatable bonds is 4. The number of hydrogen-bond donors (Lipinski definition) is 3. The van der Waals surface area contributed by atoms with Gasteiger partial charge in [-0.25, -0.2) is 13.8 Å². The van der Waals surface area contributed by atoms with Crippen molar-refractivity contribution in [2.24, 2.45) is 0 Å². The number of hydrogen-bond acceptors (Lipinski definition) is 5. The number of nitrogens with zero attached hydrogens (tertiary/aromatic N) is 1. The Morgan fingerprint density at radius 3 is 2.21 bits per heavy atom. The zero-order valence-electron chi connectivity index (χ0n) is 17.1. The smallest absolute Gasteiger partial charge is 0.425 e. The minimum Gasteiger partial charge on any atom is -0.497 e. The van der Waals surface area contributed by atoms with Crippen LogP contribution in [0, 0.1) is 5.82 Å². The van der Waals surface area contributed by atoms with Crippen LogP contribution in [0.15, 0.2) is 58.1 Å². The van der Waals surface area contributed by atoms with Gasteiger partial charge in [0.05, 0.1) is 12.8 Å². The SMILES string of the molecule is COc1ccc(C(=O)N[C@@]2(C(F)(F)F)C(=O)Nc3c2c(=O)[nH]c(=O)n3-c2ccc(F)cc2)cc1. The Hall–Kier alpha value is -4.42. The number of aromatic amines is 1. The number of ether oxygens (including phenoxy) is 1. The number of alkyl halides is 3. The van der Waals surface area contributed by atoms with Crippen molar-refractivity contribution in [3.63, 3.8) is 0 Å². The second-order valence-electron chi connectivity index (χ2n) is 7.18. The van der Waals surface area contributed by atoms with E-state index < -0.39 is 52.0 Å². The number of benzene rings is 2. The maximum absolute atomic E-state index is 14.4. The summed E-state index contributed by atoms with van der Waals surface area (Å²) in [7, 11) is 1.35. The fraction of sp³-hybridized carbons (Fsp3) is 0.143. The lowest BCUT2D eigenvalue weighted by Crippen LogP contribution is -2.62. The first kappa shape index (κ1) is 22.8. The van der Waals surface area contributed by atoms with E-state index in [0.717, 1.165) is 36.4 Å². The van der Waals surface area contributed by atoms with Crippen LogP contribution in [-0.2, 0) is 10.3 Å². The summed E-state index contributed by atoms with van der Waals surface area (Å²) < 4.78 is 62.1. The van der Waals surface area contributed by atoms with Gasteiger partial charge in [-0.15, -0.1) is 0 Å². The van der Waals surface area contributed by atoms with E-state index in [0.29, 0.717) is 10.3 Å². The highest BCUT2D eigenvalue weighted by molar-refractivity contribution is 6.09. The molecule has 1 aliphatic heterocycles. The normalized spacial score (nSPS) is 17.1. The fourth-order valence-electron chi connectivity index (χ4n) is 3.60. The number of nitrogens with one attached hydrogen (secondary N) is 3. The van der Waals surface area contributed by atoms with Crippen molar-refractivity contribution < 1.29 is 31.9 Å². The summed E-state index contributed by atoms with van der Waals surface area (Å²) in [6, 6.07) is 8.94. The molecule has 176 valence electrons. The van der Waals surface area contributed by atoms with Crippen LogP contribution in [0.5, 0.6) is 5.75 Å². The molecule has 34 heavy (non-hydrogen) atoms. The van der Waals surface area contributed by atoms with Crippen LogP contribution in [0.2, 0.25) is 0 Å². The first-order valence-electron chi connectivity index (χ1n) is 9.50. The summed E-state index contributed by atoms with van der Waals surface area (Å²) in [6.07, 6.45) is -5.50. The number of amides is 2. The molecule has 1 atom stereocenters. The van der Waals surface area contributed by atoms with Crippen molar-refractivity contribution in [3.8, 4) is 11.4 Å². The van der Waals surface area contributed by atoms with E-state index in [1.165, 1.54) is 19.2 Å². The first-order chi connectivity index (χ1) is 16.0. The third-order valence-corrected chi connectivity index (χ3v) is 5.22. The highest BCUT2D eigenvalue weighted by Gasteiger charge is 2.68. The van der Waals surface area contributed by atoms with Crippen molar-refractivity contribution >= 4 is 17.6 Å². The quantitative estimate of drug-likeness (QED) is 0.494. The molecule has 4 rings (SSSR count). The zero-order valence-corrected chi connectivity index (χ0v) is 17.1. The van der Waals surface area contributed by atoms with Crippen molar-refractivity contribution in [1.82, 2.24) is 14.9 Å². The van der Waals surface area contributed by atoms with E-state index in [4.69, 9.17) is 4.74 Å². The minimum absolute atomic E-state index is 0.140. The predicted octanol–water partition coefficient (Wildman–Crippen LogP) is 1.81. The number of H-pyrrole nitrogens is 1. The molecule has 0 spiro atoms. The van der Waals surface area contributed by atoms with E-state index >= 15 is 0 Å². The lowest BCUT2D eigenvalue weighted by molar-refractivity contribution is -0.196. The Bertz CT molecular complexity index is 1410. The monoisotopic (exact) mass is 478 g/mol. The lowest BCUT2D eigenvalue weighted by atomic mass is 9.91. The average Bonchev–Trinajstić information content (AvgIpc) is 3.08. The molecule has 13 heteroatoms. The van der Waals surface area contributed by atoms with E-state index in [9.17, 15) is 36.7 Å². The molecule has 0 bridgehead atoms. The molecule has 2 amide bonds. The maximum atomic E-state index is 14.4. The molecule has 2 heterocycles. The van der Waals surface area contributed by atoms with Crippen LogP contribution >= 0.6 is 0 Å². The summed E-state index contributed by atoms with van der Waals surface area (Å²) in [5.41, 5.74) is -8.18. The molecule has 0 fully saturated rings. The van der Waals surface area contributed by atoms with Gasteiger partial charge >= 0.3 is 11.9 Å². The number of carbonyl (C=O) groups is 2. The summed E-state index contributed by atoms with van der Waals surface area (Å²) in [4.78, 5) is 52.3.